The predicted molar refractivity (Wildman–Crippen MR) is 100 cm³/mol. The Hall–Kier alpha value is -1.98. The summed E-state index contributed by atoms with van der Waals surface area (Å²) in [5.74, 6) is 0.744. The maximum absolute atomic E-state index is 12.2. The smallest absolute Gasteiger partial charge is 0.342 e. The van der Waals surface area contributed by atoms with Crippen LogP contribution in [0.5, 0.6) is 5.75 Å². The van der Waals surface area contributed by atoms with Crippen LogP contribution in [0.15, 0.2) is 45.3 Å². The molecule has 0 aliphatic rings. The highest BCUT2D eigenvalue weighted by molar-refractivity contribution is 9.10. The minimum absolute atomic E-state index is 0.307. The highest BCUT2D eigenvalue weighted by atomic mass is 79.9. The summed E-state index contributed by atoms with van der Waals surface area (Å²) in [7, 11) is 0. The second-order valence-corrected chi connectivity index (χ2v) is 6.74. The van der Waals surface area contributed by atoms with E-state index in [0.29, 0.717) is 46.3 Å². The van der Waals surface area contributed by atoms with Crippen LogP contribution in [-0.4, -0.2) is 12.6 Å². The standard InChI is InChI=1S/C19H16BrClO4/c1-3-23-19(22)18-11(2)25-16-9-15(20)17(8-14(16)18)24-10-12-4-6-13(21)7-5-12/h4-9H,3,10H2,1-2H3. The van der Waals surface area contributed by atoms with Crippen molar-refractivity contribution in [3.05, 3.63) is 62.8 Å². The Kier molecular flexibility index (Phi) is 5.35. The summed E-state index contributed by atoms with van der Waals surface area (Å²) in [6.45, 7) is 4.20. The summed E-state index contributed by atoms with van der Waals surface area (Å²) in [6, 6.07) is 11.0. The fraction of sp³-hybridized carbons (Fsp3) is 0.211. The van der Waals surface area contributed by atoms with E-state index < -0.39 is 5.97 Å². The lowest BCUT2D eigenvalue weighted by molar-refractivity contribution is 0.0526. The highest BCUT2D eigenvalue weighted by Crippen LogP contribution is 2.35. The minimum Gasteiger partial charge on any atom is -0.488 e. The number of ether oxygens (including phenoxy) is 2. The van der Waals surface area contributed by atoms with Crippen molar-refractivity contribution in [3.63, 3.8) is 0 Å². The molecule has 0 amide bonds. The molecule has 0 aliphatic heterocycles. The van der Waals surface area contributed by atoms with Gasteiger partial charge in [-0.05, 0) is 59.6 Å². The average Bonchev–Trinajstić information content (AvgIpc) is 2.89. The van der Waals surface area contributed by atoms with Gasteiger partial charge in [-0.2, -0.15) is 0 Å². The molecule has 2 aromatic carbocycles. The Morgan fingerprint density at radius 3 is 2.64 bits per heavy atom. The normalized spacial score (nSPS) is 10.9. The van der Waals surface area contributed by atoms with E-state index in [1.54, 1.807) is 26.0 Å². The van der Waals surface area contributed by atoms with Gasteiger partial charge in [0.05, 0.1) is 11.1 Å². The molecule has 3 rings (SSSR count). The van der Waals surface area contributed by atoms with Gasteiger partial charge in [0.15, 0.2) is 0 Å². The van der Waals surface area contributed by atoms with Gasteiger partial charge in [-0.3, -0.25) is 0 Å². The Morgan fingerprint density at radius 1 is 1.24 bits per heavy atom. The van der Waals surface area contributed by atoms with Gasteiger partial charge in [-0.25, -0.2) is 4.79 Å². The van der Waals surface area contributed by atoms with Crippen LogP contribution in [0.25, 0.3) is 11.0 Å². The number of fused-ring (bicyclic) bond motifs is 1. The van der Waals surface area contributed by atoms with Crippen LogP contribution in [0.1, 0.15) is 28.6 Å². The van der Waals surface area contributed by atoms with Crippen molar-refractivity contribution in [2.24, 2.45) is 0 Å². The third-order valence-corrected chi connectivity index (χ3v) is 4.58. The molecule has 3 aromatic rings. The van der Waals surface area contributed by atoms with E-state index >= 15 is 0 Å². The minimum atomic E-state index is -0.398. The molecule has 0 bridgehead atoms. The van der Waals surface area contributed by atoms with Gasteiger partial charge in [0.25, 0.3) is 0 Å². The first-order valence-corrected chi connectivity index (χ1v) is 8.93. The van der Waals surface area contributed by atoms with E-state index in [-0.39, 0.29) is 0 Å². The zero-order chi connectivity index (χ0) is 18.0. The van der Waals surface area contributed by atoms with E-state index in [9.17, 15) is 4.79 Å². The van der Waals surface area contributed by atoms with Crippen LogP contribution < -0.4 is 4.74 Å². The SMILES string of the molecule is CCOC(=O)c1c(C)oc2cc(Br)c(OCc3ccc(Cl)cc3)cc12. The monoisotopic (exact) mass is 422 g/mol. The Bertz CT molecular complexity index is 915. The molecular formula is C19H16BrClO4. The van der Waals surface area contributed by atoms with E-state index in [4.69, 9.17) is 25.5 Å². The average molecular weight is 424 g/mol. The lowest BCUT2D eigenvalue weighted by Crippen LogP contribution is -2.05. The molecule has 1 heterocycles. The van der Waals surface area contributed by atoms with Crippen LogP contribution in [0, 0.1) is 6.92 Å². The number of halogens is 2. The quantitative estimate of drug-likeness (QED) is 0.478. The first kappa shape index (κ1) is 17.8. The lowest BCUT2D eigenvalue weighted by atomic mass is 10.1. The number of carbonyl (C=O) groups excluding carboxylic acids is 1. The molecule has 0 aliphatic carbocycles. The van der Waals surface area contributed by atoms with E-state index in [1.807, 2.05) is 24.3 Å². The number of esters is 1. The Morgan fingerprint density at radius 2 is 1.96 bits per heavy atom. The van der Waals surface area contributed by atoms with Gasteiger partial charge in [0.1, 0.15) is 29.3 Å². The summed E-state index contributed by atoms with van der Waals surface area (Å²) in [4.78, 5) is 12.2. The molecule has 25 heavy (non-hydrogen) atoms. The molecule has 6 heteroatoms. The van der Waals surface area contributed by atoms with Gasteiger partial charge in [0, 0.05) is 10.4 Å². The fourth-order valence-corrected chi connectivity index (χ4v) is 3.09. The molecule has 0 atom stereocenters. The van der Waals surface area contributed by atoms with Gasteiger partial charge in [-0.1, -0.05) is 23.7 Å². The van der Waals surface area contributed by atoms with E-state index in [2.05, 4.69) is 15.9 Å². The summed E-state index contributed by atoms with van der Waals surface area (Å²) >= 11 is 9.37. The van der Waals surface area contributed by atoms with Gasteiger partial charge in [0.2, 0.25) is 0 Å². The number of benzene rings is 2. The maximum atomic E-state index is 12.2. The van der Waals surface area contributed by atoms with Gasteiger partial charge in [-0.15, -0.1) is 0 Å². The number of hydrogen-bond acceptors (Lipinski definition) is 4. The van der Waals surface area contributed by atoms with Crippen molar-refractivity contribution in [2.45, 2.75) is 20.5 Å². The molecule has 0 saturated heterocycles. The second-order valence-electron chi connectivity index (χ2n) is 5.45. The lowest BCUT2D eigenvalue weighted by Gasteiger charge is -2.09. The van der Waals surface area contributed by atoms with Crippen molar-refractivity contribution in [1.82, 2.24) is 0 Å². The number of rotatable bonds is 5. The van der Waals surface area contributed by atoms with Gasteiger partial charge >= 0.3 is 5.97 Å². The summed E-state index contributed by atoms with van der Waals surface area (Å²) in [6.07, 6.45) is 0. The highest BCUT2D eigenvalue weighted by Gasteiger charge is 2.21. The van der Waals surface area contributed by atoms with Crippen molar-refractivity contribution in [1.29, 1.82) is 0 Å². The Labute approximate surface area is 158 Å². The zero-order valence-electron chi connectivity index (χ0n) is 13.8. The topological polar surface area (TPSA) is 48.7 Å². The number of carbonyl (C=O) groups is 1. The van der Waals surface area contributed by atoms with Crippen LogP contribution in [0.2, 0.25) is 5.02 Å². The van der Waals surface area contributed by atoms with Crippen molar-refractivity contribution >= 4 is 44.5 Å². The van der Waals surface area contributed by atoms with Crippen molar-refractivity contribution < 1.29 is 18.7 Å². The summed E-state index contributed by atoms with van der Waals surface area (Å²) in [5, 5.41) is 1.35. The third-order valence-electron chi connectivity index (χ3n) is 3.71. The summed E-state index contributed by atoms with van der Waals surface area (Å²) < 4.78 is 17.4. The van der Waals surface area contributed by atoms with Crippen LogP contribution in [0.3, 0.4) is 0 Å². The van der Waals surface area contributed by atoms with Crippen molar-refractivity contribution in [3.8, 4) is 5.75 Å². The molecule has 0 radical (unpaired) electrons. The second kappa shape index (κ2) is 7.50. The molecule has 4 nitrogen and oxygen atoms in total. The predicted octanol–water partition coefficient (Wildman–Crippen LogP) is 5.91. The molecule has 0 fully saturated rings. The first-order chi connectivity index (χ1) is 12.0. The summed E-state index contributed by atoms with van der Waals surface area (Å²) in [5.41, 5.74) is 2.03. The Balaban J connectivity index is 1.92. The van der Waals surface area contributed by atoms with Crippen LogP contribution in [0.4, 0.5) is 0 Å². The largest absolute Gasteiger partial charge is 0.488 e. The van der Waals surface area contributed by atoms with E-state index in [1.165, 1.54) is 0 Å². The number of hydrogen-bond donors (Lipinski definition) is 0. The molecule has 1 aromatic heterocycles. The number of aryl methyl sites for hydroxylation is 1. The molecular weight excluding hydrogens is 408 g/mol. The van der Waals surface area contributed by atoms with Crippen LogP contribution in [-0.2, 0) is 11.3 Å². The first-order valence-electron chi connectivity index (χ1n) is 7.76. The van der Waals surface area contributed by atoms with Gasteiger partial charge < -0.3 is 13.9 Å². The van der Waals surface area contributed by atoms with E-state index in [0.717, 1.165) is 10.0 Å². The maximum Gasteiger partial charge on any atom is 0.342 e. The molecule has 130 valence electrons. The molecule has 0 spiro atoms. The molecule has 0 unspecified atom stereocenters. The number of furan rings is 1. The molecule has 0 saturated carbocycles. The third kappa shape index (κ3) is 3.83. The molecule has 0 N–H and O–H groups in total. The fourth-order valence-electron chi connectivity index (χ4n) is 2.53. The zero-order valence-corrected chi connectivity index (χ0v) is 16.1. The van der Waals surface area contributed by atoms with Crippen LogP contribution >= 0.6 is 27.5 Å². The van der Waals surface area contributed by atoms with Crippen molar-refractivity contribution in [2.75, 3.05) is 6.61 Å².